The maximum Gasteiger partial charge on any atom is 0.248 e. The van der Waals surface area contributed by atoms with E-state index in [9.17, 15) is 9.59 Å². The number of aryl methyl sites for hydroxylation is 3. The van der Waals surface area contributed by atoms with Gasteiger partial charge in [-0.1, -0.05) is 0 Å². The Hall–Kier alpha value is -1.47. The Labute approximate surface area is 147 Å². The van der Waals surface area contributed by atoms with Crippen LogP contribution < -0.4 is 5.32 Å². The number of methoxy groups -OCH3 is 1. The van der Waals surface area contributed by atoms with Gasteiger partial charge in [0, 0.05) is 44.0 Å². The van der Waals surface area contributed by atoms with Gasteiger partial charge in [0.25, 0.3) is 0 Å². The van der Waals surface area contributed by atoms with Gasteiger partial charge in [0.05, 0.1) is 10.7 Å². The van der Waals surface area contributed by atoms with E-state index in [0.29, 0.717) is 19.6 Å². The number of ether oxygens (including phenoxy) is 1. The molecule has 0 aromatic carbocycles. The molecule has 2 rings (SSSR count). The third-order valence-electron chi connectivity index (χ3n) is 4.43. The molecular formula is C17H27N3O3S. The number of carbonyl (C=O) groups excluding carboxylic acids is 2. The third-order valence-corrected chi connectivity index (χ3v) is 5.56. The molecule has 24 heavy (non-hydrogen) atoms. The SMILES string of the molecule is COCC(=O)N1CCC(C(=O)NCCCc2nc(C)c(C)s2)CC1. The zero-order valence-corrected chi connectivity index (χ0v) is 15.6. The van der Waals surface area contributed by atoms with Crippen LogP contribution in [0.3, 0.4) is 0 Å². The second-order valence-corrected chi connectivity index (χ2v) is 7.52. The topological polar surface area (TPSA) is 71.5 Å². The highest BCUT2D eigenvalue weighted by molar-refractivity contribution is 7.11. The molecule has 0 saturated carbocycles. The van der Waals surface area contributed by atoms with E-state index >= 15 is 0 Å². The maximum absolute atomic E-state index is 12.2. The van der Waals surface area contributed by atoms with Crippen LogP contribution >= 0.6 is 11.3 Å². The summed E-state index contributed by atoms with van der Waals surface area (Å²) in [7, 11) is 1.52. The van der Waals surface area contributed by atoms with Crippen molar-refractivity contribution in [3.05, 3.63) is 15.6 Å². The Bertz CT molecular complexity index is 546. The lowest BCUT2D eigenvalue weighted by Gasteiger charge is -2.31. The predicted octanol–water partition coefficient (Wildman–Crippen LogP) is 1.69. The number of amides is 2. The number of nitrogens with zero attached hydrogens (tertiary/aromatic N) is 2. The molecule has 2 heterocycles. The van der Waals surface area contributed by atoms with Gasteiger partial charge in [-0.2, -0.15) is 0 Å². The molecule has 0 radical (unpaired) electrons. The molecule has 1 fully saturated rings. The number of aromatic nitrogens is 1. The zero-order chi connectivity index (χ0) is 17.5. The lowest BCUT2D eigenvalue weighted by molar-refractivity contribution is -0.138. The van der Waals surface area contributed by atoms with Gasteiger partial charge in [-0.3, -0.25) is 9.59 Å². The molecule has 134 valence electrons. The van der Waals surface area contributed by atoms with Gasteiger partial charge in [-0.15, -0.1) is 11.3 Å². The van der Waals surface area contributed by atoms with Crippen LogP contribution in [0.1, 0.15) is 34.8 Å². The summed E-state index contributed by atoms with van der Waals surface area (Å²) in [5.74, 6) is 0.131. The number of likely N-dealkylation sites (tertiary alicyclic amines) is 1. The monoisotopic (exact) mass is 353 g/mol. The Morgan fingerprint density at radius 2 is 2.04 bits per heavy atom. The minimum Gasteiger partial charge on any atom is -0.375 e. The van der Waals surface area contributed by atoms with E-state index in [2.05, 4.69) is 17.2 Å². The first-order valence-electron chi connectivity index (χ1n) is 8.48. The summed E-state index contributed by atoms with van der Waals surface area (Å²) in [5, 5.41) is 4.17. The van der Waals surface area contributed by atoms with Gasteiger partial charge in [0.1, 0.15) is 6.61 Å². The quantitative estimate of drug-likeness (QED) is 0.757. The normalized spacial score (nSPS) is 15.5. The summed E-state index contributed by atoms with van der Waals surface area (Å²) in [6, 6.07) is 0. The number of rotatable bonds is 7. The number of nitrogens with one attached hydrogen (secondary N) is 1. The van der Waals surface area contributed by atoms with Crippen molar-refractivity contribution in [2.24, 2.45) is 5.92 Å². The molecule has 1 aromatic rings. The molecule has 0 atom stereocenters. The van der Waals surface area contributed by atoms with Gasteiger partial charge in [0.15, 0.2) is 0 Å². The first-order chi connectivity index (χ1) is 11.5. The number of carbonyl (C=O) groups is 2. The second kappa shape index (κ2) is 9.13. The van der Waals surface area contributed by atoms with E-state index in [-0.39, 0.29) is 24.3 Å². The number of piperidine rings is 1. The average Bonchev–Trinajstić information content (AvgIpc) is 2.90. The van der Waals surface area contributed by atoms with Crippen LogP contribution in [0.4, 0.5) is 0 Å². The summed E-state index contributed by atoms with van der Waals surface area (Å²) in [4.78, 5) is 31.5. The molecule has 7 heteroatoms. The molecular weight excluding hydrogens is 326 g/mol. The molecule has 2 amide bonds. The number of thiazole rings is 1. The van der Waals surface area contributed by atoms with E-state index in [4.69, 9.17) is 4.74 Å². The van der Waals surface area contributed by atoms with Crippen molar-refractivity contribution in [2.75, 3.05) is 33.4 Å². The van der Waals surface area contributed by atoms with Crippen molar-refractivity contribution in [2.45, 2.75) is 39.5 Å². The molecule has 0 spiro atoms. The average molecular weight is 353 g/mol. The van der Waals surface area contributed by atoms with Crippen molar-refractivity contribution in [1.82, 2.24) is 15.2 Å². The number of hydrogen-bond donors (Lipinski definition) is 1. The molecule has 1 aliphatic rings. The van der Waals surface area contributed by atoms with Crippen LogP contribution in [0.2, 0.25) is 0 Å². The van der Waals surface area contributed by atoms with Gasteiger partial charge in [0.2, 0.25) is 11.8 Å². The molecule has 0 unspecified atom stereocenters. The fraction of sp³-hybridized carbons (Fsp3) is 0.706. The zero-order valence-electron chi connectivity index (χ0n) is 14.8. The largest absolute Gasteiger partial charge is 0.375 e. The summed E-state index contributed by atoms with van der Waals surface area (Å²) in [5.41, 5.74) is 1.11. The predicted molar refractivity (Wildman–Crippen MR) is 94.1 cm³/mol. The molecule has 1 saturated heterocycles. The van der Waals surface area contributed by atoms with Crippen LogP contribution in [0.25, 0.3) is 0 Å². The first kappa shape index (κ1) is 18.9. The molecule has 0 bridgehead atoms. The van der Waals surface area contributed by atoms with Crippen molar-refractivity contribution in [3.8, 4) is 0 Å². The Kier molecular flexibility index (Phi) is 7.17. The Morgan fingerprint density at radius 1 is 1.33 bits per heavy atom. The van der Waals surface area contributed by atoms with E-state index in [1.807, 2.05) is 6.92 Å². The first-order valence-corrected chi connectivity index (χ1v) is 9.30. The molecule has 6 nitrogen and oxygen atoms in total. The van der Waals surface area contributed by atoms with Crippen LogP contribution in [-0.2, 0) is 20.7 Å². The smallest absolute Gasteiger partial charge is 0.248 e. The van der Waals surface area contributed by atoms with Gasteiger partial charge >= 0.3 is 0 Å². The Morgan fingerprint density at radius 3 is 2.62 bits per heavy atom. The third kappa shape index (κ3) is 5.27. The summed E-state index contributed by atoms with van der Waals surface area (Å²) >= 11 is 1.74. The molecule has 1 aromatic heterocycles. The van der Waals surface area contributed by atoms with Crippen LogP contribution in [0.15, 0.2) is 0 Å². The minimum atomic E-state index is 0.00499. The van der Waals surface area contributed by atoms with Crippen LogP contribution in [0, 0.1) is 19.8 Å². The van der Waals surface area contributed by atoms with Gasteiger partial charge < -0.3 is 15.0 Å². The fourth-order valence-corrected chi connectivity index (χ4v) is 3.82. The second-order valence-electron chi connectivity index (χ2n) is 6.23. The number of hydrogen-bond acceptors (Lipinski definition) is 5. The van der Waals surface area contributed by atoms with Crippen molar-refractivity contribution in [1.29, 1.82) is 0 Å². The molecule has 1 aliphatic heterocycles. The van der Waals surface area contributed by atoms with Crippen molar-refractivity contribution in [3.63, 3.8) is 0 Å². The van der Waals surface area contributed by atoms with E-state index in [0.717, 1.165) is 36.4 Å². The Balaban J connectivity index is 1.64. The van der Waals surface area contributed by atoms with Crippen molar-refractivity contribution < 1.29 is 14.3 Å². The fourth-order valence-electron chi connectivity index (χ4n) is 2.85. The van der Waals surface area contributed by atoms with E-state index in [1.165, 1.54) is 12.0 Å². The van der Waals surface area contributed by atoms with Gasteiger partial charge in [-0.25, -0.2) is 4.98 Å². The lowest BCUT2D eigenvalue weighted by Crippen LogP contribution is -2.44. The highest BCUT2D eigenvalue weighted by Gasteiger charge is 2.26. The highest BCUT2D eigenvalue weighted by atomic mass is 32.1. The highest BCUT2D eigenvalue weighted by Crippen LogP contribution is 2.19. The van der Waals surface area contributed by atoms with Gasteiger partial charge in [-0.05, 0) is 33.1 Å². The van der Waals surface area contributed by atoms with E-state index in [1.54, 1.807) is 16.2 Å². The minimum absolute atomic E-state index is 0.00499. The summed E-state index contributed by atoms with van der Waals surface area (Å²) in [6.45, 7) is 6.19. The van der Waals surface area contributed by atoms with Crippen LogP contribution in [-0.4, -0.2) is 55.0 Å². The standard InChI is InChI=1S/C17H27N3O3S/c1-12-13(2)24-15(19-12)5-4-8-18-17(22)14-6-9-20(10-7-14)16(21)11-23-3/h14H,4-11H2,1-3H3,(H,18,22). The van der Waals surface area contributed by atoms with Crippen LogP contribution in [0.5, 0.6) is 0 Å². The van der Waals surface area contributed by atoms with E-state index < -0.39 is 0 Å². The maximum atomic E-state index is 12.2. The molecule has 0 aliphatic carbocycles. The van der Waals surface area contributed by atoms with Crippen molar-refractivity contribution >= 4 is 23.2 Å². The summed E-state index contributed by atoms with van der Waals surface area (Å²) in [6.07, 6.45) is 3.27. The lowest BCUT2D eigenvalue weighted by atomic mass is 9.96. The summed E-state index contributed by atoms with van der Waals surface area (Å²) < 4.78 is 4.87. The molecule has 1 N–H and O–H groups in total.